The number of carbonyl (C=O) groups is 1. The van der Waals surface area contributed by atoms with E-state index in [0.29, 0.717) is 13.2 Å². The van der Waals surface area contributed by atoms with E-state index in [1.54, 1.807) is 18.4 Å². The Kier molecular flexibility index (Phi) is 6.40. The number of thiophene rings is 1. The minimum Gasteiger partial charge on any atom is -0.383 e. The SMILES string of the molecule is COCCNC(=O)CN[C@@H](c1ccccc1)c1cccs1. The summed E-state index contributed by atoms with van der Waals surface area (Å²) >= 11 is 1.68. The number of methoxy groups -OCH3 is 1. The second kappa shape index (κ2) is 8.56. The van der Waals surface area contributed by atoms with Crippen molar-refractivity contribution in [2.75, 3.05) is 26.8 Å². The molecule has 0 saturated heterocycles. The van der Waals surface area contributed by atoms with Crippen LogP contribution in [0.1, 0.15) is 16.5 Å². The van der Waals surface area contributed by atoms with Crippen LogP contribution in [0.3, 0.4) is 0 Å². The fraction of sp³-hybridized carbons (Fsp3) is 0.312. The standard InChI is InChI=1S/C16H20N2O2S/c1-20-10-9-17-15(19)12-18-16(14-8-5-11-21-14)13-6-3-2-4-7-13/h2-8,11,16,18H,9-10,12H2,1H3,(H,17,19)/t16-/m0/s1. The lowest BCUT2D eigenvalue weighted by Gasteiger charge is -2.18. The molecule has 5 heteroatoms. The fourth-order valence-corrected chi connectivity index (χ4v) is 2.86. The number of nitrogens with one attached hydrogen (secondary N) is 2. The minimum atomic E-state index is -0.0236. The van der Waals surface area contributed by atoms with Crippen LogP contribution >= 0.6 is 11.3 Å². The molecule has 1 atom stereocenters. The van der Waals surface area contributed by atoms with Gasteiger partial charge in [0.2, 0.25) is 5.91 Å². The van der Waals surface area contributed by atoms with E-state index in [9.17, 15) is 4.79 Å². The van der Waals surface area contributed by atoms with Crippen LogP contribution in [-0.4, -0.2) is 32.7 Å². The Hall–Kier alpha value is -1.69. The highest BCUT2D eigenvalue weighted by molar-refractivity contribution is 7.10. The van der Waals surface area contributed by atoms with Gasteiger partial charge in [0.05, 0.1) is 19.2 Å². The van der Waals surface area contributed by atoms with Crippen molar-refractivity contribution in [3.05, 3.63) is 58.3 Å². The topological polar surface area (TPSA) is 50.4 Å². The fourth-order valence-electron chi connectivity index (χ4n) is 2.03. The Labute approximate surface area is 129 Å². The molecular formula is C16H20N2O2S. The Morgan fingerprint density at radius 3 is 2.71 bits per heavy atom. The summed E-state index contributed by atoms with van der Waals surface area (Å²) in [6.45, 7) is 1.34. The molecule has 0 radical (unpaired) electrons. The molecule has 4 nitrogen and oxygen atoms in total. The average molecular weight is 304 g/mol. The molecule has 2 N–H and O–H groups in total. The van der Waals surface area contributed by atoms with Crippen LogP contribution in [-0.2, 0) is 9.53 Å². The van der Waals surface area contributed by atoms with Crippen LogP contribution < -0.4 is 10.6 Å². The van der Waals surface area contributed by atoms with Crippen LogP contribution in [0.4, 0.5) is 0 Å². The monoisotopic (exact) mass is 304 g/mol. The van der Waals surface area contributed by atoms with Gasteiger partial charge in [0.25, 0.3) is 0 Å². The van der Waals surface area contributed by atoms with Crippen molar-refractivity contribution in [3.8, 4) is 0 Å². The predicted octanol–water partition coefficient (Wildman–Crippen LogP) is 2.19. The van der Waals surface area contributed by atoms with Crippen molar-refractivity contribution < 1.29 is 9.53 Å². The molecule has 1 heterocycles. The van der Waals surface area contributed by atoms with E-state index in [1.165, 1.54) is 4.88 Å². The third-order valence-corrected chi connectivity index (χ3v) is 3.99. The molecule has 1 aromatic heterocycles. The first kappa shape index (κ1) is 15.7. The van der Waals surface area contributed by atoms with Gasteiger partial charge in [0, 0.05) is 18.5 Å². The van der Waals surface area contributed by atoms with Crippen LogP contribution in [0, 0.1) is 0 Å². The number of hydrogen-bond acceptors (Lipinski definition) is 4. The van der Waals surface area contributed by atoms with E-state index in [0.717, 1.165) is 5.56 Å². The summed E-state index contributed by atoms with van der Waals surface area (Å²) < 4.78 is 4.91. The molecule has 0 aliphatic carbocycles. The van der Waals surface area contributed by atoms with E-state index in [4.69, 9.17) is 4.74 Å². The van der Waals surface area contributed by atoms with Gasteiger partial charge in [0.15, 0.2) is 0 Å². The molecule has 2 aromatic rings. The number of carbonyl (C=O) groups excluding carboxylic acids is 1. The molecule has 0 spiro atoms. The first-order chi connectivity index (χ1) is 10.3. The van der Waals surface area contributed by atoms with Gasteiger partial charge in [-0.1, -0.05) is 36.4 Å². The van der Waals surface area contributed by atoms with Gasteiger partial charge in [-0.2, -0.15) is 0 Å². The van der Waals surface area contributed by atoms with Gasteiger partial charge in [0.1, 0.15) is 0 Å². The lowest BCUT2D eigenvalue weighted by Crippen LogP contribution is -2.37. The lowest BCUT2D eigenvalue weighted by atomic mass is 10.1. The first-order valence-electron chi connectivity index (χ1n) is 6.88. The molecule has 0 bridgehead atoms. The van der Waals surface area contributed by atoms with Crippen LogP contribution in [0.25, 0.3) is 0 Å². The zero-order valence-corrected chi connectivity index (χ0v) is 12.9. The van der Waals surface area contributed by atoms with Crippen molar-refractivity contribution in [1.82, 2.24) is 10.6 Å². The second-order valence-electron chi connectivity index (χ2n) is 4.58. The van der Waals surface area contributed by atoms with E-state index >= 15 is 0 Å². The third kappa shape index (κ3) is 4.97. The normalized spacial score (nSPS) is 12.0. The number of benzene rings is 1. The van der Waals surface area contributed by atoms with E-state index < -0.39 is 0 Å². The van der Waals surface area contributed by atoms with Gasteiger partial charge in [-0.05, 0) is 17.0 Å². The zero-order chi connectivity index (χ0) is 14.9. The smallest absolute Gasteiger partial charge is 0.234 e. The van der Waals surface area contributed by atoms with Crippen molar-refractivity contribution in [1.29, 1.82) is 0 Å². The summed E-state index contributed by atoms with van der Waals surface area (Å²) in [4.78, 5) is 13.0. The van der Waals surface area contributed by atoms with E-state index in [-0.39, 0.29) is 18.5 Å². The molecule has 0 aliphatic heterocycles. The van der Waals surface area contributed by atoms with Crippen molar-refractivity contribution >= 4 is 17.2 Å². The van der Waals surface area contributed by atoms with E-state index in [2.05, 4.69) is 28.8 Å². The summed E-state index contributed by atoms with van der Waals surface area (Å²) in [6, 6.07) is 14.3. The van der Waals surface area contributed by atoms with Crippen LogP contribution in [0.2, 0.25) is 0 Å². The molecule has 2 rings (SSSR count). The Bertz CT molecular complexity index is 528. The molecule has 0 saturated carbocycles. The average Bonchev–Trinajstić information content (AvgIpc) is 3.03. The Morgan fingerprint density at radius 2 is 2.05 bits per heavy atom. The van der Waals surface area contributed by atoms with Crippen molar-refractivity contribution in [2.45, 2.75) is 6.04 Å². The van der Waals surface area contributed by atoms with Crippen LogP contribution in [0.15, 0.2) is 47.8 Å². The lowest BCUT2D eigenvalue weighted by molar-refractivity contribution is -0.120. The second-order valence-corrected chi connectivity index (χ2v) is 5.56. The van der Waals surface area contributed by atoms with E-state index in [1.807, 2.05) is 29.6 Å². The Balaban J connectivity index is 1.96. The highest BCUT2D eigenvalue weighted by Gasteiger charge is 2.15. The van der Waals surface area contributed by atoms with Gasteiger partial charge < -0.3 is 10.1 Å². The molecule has 112 valence electrons. The van der Waals surface area contributed by atoms with Crippen molar-refractivity contribution in [2.24, 2.45) is 0 Å². The highest BCUT2D eigenvalue weighted by Crippen LogP contribution is 2.25. The molecule has 0 fully saturated rings. The van der Waals surface area contributed by atoms with Gasteiger partial charge in [-0.25, -0.2) is 0 Å². The van der Waals surface area contributed by atoms with Gasteiger partial charge in [-0.15, -0.1) is 11.3 Å². The molecule has 1 aromatic carbocycles. The molecule has 0 unspecified atom stereocenters. The summed E-state index contributed by atoms with van der Waals surface area (Å²) in [5.74, 6) is -0.0236. The minimum absolute atomic E-state index is 0.0236. The first-order valence-corrected chi connectivity index (χ1v) is 7.76. The quantitative estimate of drug-likeness (QED) is 0.735. The largest absolute Gasteiger partial charge is 0.383 e. The number of ether oxygens (including phenoxy) is 1. The number of amides is 1. The predicted molar refractivity (Wildman–Crippen MR) is 85.5 cm³/mol. The molecule has 21 heavy (non-hydrogen) atoms. The van der Waals surface area contributed by atoms with Crippen molar-refractivity contribution in [3.63, 3.8) is 0 Å². The van der Waals surface area contributed by atoms with Crippen LogP contribution in [0.5, 0.6) is 0 Å². The maximum absolute atomic E-state index is 11.8. The summed E-state index contributed by atoms with van der Waals surface area (Å²) in [5, 5.41) is 8.18. The number of rotatable bonds is 8. The summed E-state index contributed by atoms with van der Waals surface area (Å²) in [6.07, 6.45) is 0. The number of hydrogen-bond donors (Lipinski definition) is 2. The maximum atomic E-state index is 11.8. The zero-order valence-electron chi connectivity index (χ0n) is 12.0. The molecule has 0 aliphatic rings. The Morgan fingerprint density at radius 1 is 1.24 bits per heavy atom. The molecular weight excluding hydrogens is 284 g/mol. The molecule has 1 amide bonds. The van der Waals surface area contributed by atoms with Gasteiger partial charge >= 0.3 is 0 Å². The highest BCUT2D eigenvalue weighted by atomic mass is 32.1. The summed E-state index contributed by atoms with van der Waals surface area (Å²) in [7, 11) is 1.62. The summed E-state index contributed by atoms with van der Waals surface area (Å²) in [5.41, 5.74) is 1.16. The van der Waals surface area contributed by atoms with Gasteiger partial charge in [-0.3, -0.25) is 10.1 Å². The third-order valence-electron chi connectivity index (χ3n) is 3.06. The maximum Gasteiger partial charge on any atom is 0.234 e.